The van der Waals surface area contributed by atoms with Crippen molar-refractivity contribution in [1.29, 1.82) is 5.26 Å². The molecule has 0 aliphatic heterocycles. The van der Waals surface area contributed by atoms with E-state index in [9.17, 15) is 18.0 Å². The van der Waals surface area contributed by atoms with Gasteiger partial charge in [-0.1, -0.05) is 5.92 Å². The molecule has 0 amide bonds. The van der Waals surface area contributed by atoms with Crippen molar-refractivity contribution in [3.05, 3.63) is 59.5 Å². The van der Waals surface area contributed by atoms with Crippen LogP contribution < -0.4 is 5.32 Å². The maximum absolute atomic E-state index is 13.1. The summed E-state index contributed by atoms with van der Waals surface area (Å²) in [6.45, 7) is 2.43. The molecular formula is C23H19F3N4O2. The summed E-state index contributed by atoms with van der Waals surface area (Å²) in [6.07, 6.45) is -2.90. The number of aromatic nitrogens is 2. The molecule has 2 N–H and O–H groups in total. The molecule has 2 heterocycles. The van der Waals surface area contributed by atoms with E-state index >= 15 is 0 Å². The molecule has 0 fully saturated rings. The summed E-state index contributed by atoms with van der Waals surface area (Å²) in [6, 6.07) is 11.0. The van der Waals surface area contributed by atoms with E-state index in [2.05, 4.69) is 28.2 Å². The number of nitrogens with one attached hydrogen (secondary N) is 1. The van der Waals surface area contributed by atoms with Crippen LogP contribution in [0.5, 0.6) is 0 Å². The van der Waals surface area contributed by atoms with E-state index < -0.39 is 24.1 Å². The van der Waals surface area contributed by atoms with Crippen molar-refractivity contribution < 1.29 is 23.1 Å². The minimum Gasteiger partial charge on any atom is -0.478 e. The number of anilines is 1. The van der Waals surface area contributed by atoms with Gasteiger partial charge in [-0.2, -0.15) is 18.4 Å². The van der Waals surface area contributed by atoms with Crippen molar-refractivity contribution in [2.45, 2.75) is 32.0 Å². The van der Waals surface area contributed by atoms with Crippen molar-refractivity contribution in [2.75, 3.05) is 11.9 Å². The number of nitriles is 1. The zero-order valence-corrected chi connectivity index (χ0v) is 17.3. The highest BCUT2D eigenvalue weighted by atomic mass is 19.4. The van der Waals surface area contributed by atoms with Crippen LogP contribution >= 0.6 is 0 Å². The summed E-state index contributed by atoms with van der Waals surface area (Å²) >= 11 is 0. The fourth-order valence-corrected chi connectivity index (χ4v) is 3.06. The Morgan fingerprint density at radius 1 is 1.22 bits per heavy atom. The number of alkyl halides is 3. The molecule has 2 aromatic heterocycles. The molecule has 0 spiro atoms. The van der Waals surface area contributed by atoms with Gasteiger partial charge in [0.05, 0.1) is 46.9 Å². The van der Waals surface area contributed by atoms with Gasteiger partial charge in [0.15, 0.2) is 0 Å². The molecular weight excluding hydrogens is 421 g/mol. The summed E-state index contributed by atoms with van der Waals surface area (Å²) in [5.74, 6) is 4.35. The largest absolute Gasteiger partial charge is 0.478 e. The number of pyridine rings is 1. The van der Waals surface area contributed by atoms with Crippen LogP contribution in [0.3, 0.4) is 0 Å². The zero-order valence-electron chi connectivity index (χ0n) is 17.3. The van der Waals surface area contributed by atoms with Crippen LogP contribution in [-0.2, 0) is 12.0 Å². The second-order valence-corrected chi connectivity index (χ2v) is 7.63. The third-order valence-corrected chi connectivity index (χ3v) is 4.77. The number of aromatic carboxylic acids is 1. The number of carboxylic acids is 1. The second-order valence-electron chi connectivity index (χ2n) is 7.63. The second kappa shape index (κ2) is 8.64. The smallest absolute Gasteiger partial charge is 0.406 e. The predicted octanol–water partition coefficient (Wildman–Crippen LogP) is 4.56. The fourth-order valence-electron chi connectivity index (χ4n) is 3.06. The molecule has 0 bridgehead atoms. The van der Waals surface area contributed by atoms with E-state index in [4.69, 9.17) is 10.4 Å². The molecule has 0 saturated heterocycles. The number of hydrogen-bond acceptors (Lipinski definition) is 4. The lowest BCUT2D eigenvalue weighted by Gasteiger charge is -2.14. The Hall–Kier alpha value is -3.98. The van der Waals surface area contributed by atoms with Crippen LogP contribution in [-0.4, -0.2) is 33.3 Å². The third kappa shape index (κ3) is 5.19. The molecule has 164 valence electrons. The first-order chi connectivity index (χ1) is 15.0. The number of rotatable bonds is 5. The van der Waals surface area contributed by atoms with Crippen molar-refractivity contribution in [3.63, 3.8) is 0 Å². The van der Waals surface area contributed by atoms with Crippen LogP contribution in [0.4, 0.5) is 18.9 Å². The lowest BCUT2D eigenvalue weighted by atomic mass is 9.91. The average molecular weight is 440 g/mol. The third-order valence-electron chi connectivity index (χ3n) is 4.77. The summed E-state index contributed by atoms with van der Waals surface area (Å²) in [7, 11) is 0. The molecule has 3 rings (SSSR count). The van der Waals surface area contributed by atoms with Gasteiger partial charge in [0.1, 0.15) is 6.54 Å². The Labute approximate surface area is 182 Å². The molecule has 9 heteroatoms. The van der Waals surface area contributed by atoms with Gasteiger partial charge >= 0.3 is 12.1 Å². The van der Waals surface area contributed by atoms with E-state index in [1.54, 1.807) is 32.2 Å². The molecule has 0 saturated carbocycles. The van der Waals surface area contributed by atoms with E-state index in [1.165, 1.54) is 24.3 Å². The van der Waals surface area contributed by atoms with E-state index in [1.807, 2.05) is 0 Å². The fraction of sp³-hybridized carbons (Fsp3) is 0.261. The number of hydrogen-bond donors (Lipinski definition) is 2. The maximum Gasteiger partial charge on any atom is 0.406 e. The Morgan fingerprint density at radius 3 is 2.56 bits per heavy atom. The highest BCUT2D eigenvalue weighted by Gasteiger charge is 2.29. The van der Waals surface area contributed by atoms with Gasteiger partial charge in [-0.05, 0) is 56.2 Å². The molecule has 6 nitrogen and oxygen atoms in total. The highest BCUT2D eigenvalue weighted by Crippen LogP contribution is 2.26. The number of fused-ring (bicyclic) bond motifs is 1. The van der Waals surface area contributed by atoms with E-state index in [0.29, 0.717) is 16.8 Å². The summed E-state index contributed by atoms with van der Waals surface area (Å²) in [5, 5.41) is 21.7. The summed E-state index contributed by atoms with van der Waals surface area (Å²) in [5.41, 5.74) is 0.923. The lowest BCUT2D eigenvalue weighted by Crippen LogP contribution is -2.18. The van der Waals surface area contributed by atoms with Crippen LogP contribution in [0.15, 0.2) is 42.6 Å². The first kappa shape index (κ1) is 22.7. The van der Waals surface area contributed by atoms with E-state index in [-0.39, 0.29) is 23.3 Å². The first-order valence-electron chi connectivity index (χ1n) is 9.54. The Morgan fingerprint density at radius 2 is 1.97 bits per heavy atom. The number of benzene rings is 1. The average Bonchev–Trinajstić information content (AvgIpc) is 3.06. The minimum absolute atomic E-state index is 0.0154. The van der Waals surface area contributed by atoms with E-state index in [0.717, 1.165) is 4.57 Å². The van der Waals surface area contributed by atoms with Gasteiger partial charge in [0.2, 0.25) is 0 Å². The molecule has 0 aliphatic rings. The van der Waals surface area contributed by atoms with Gasteiger partial charge in [0.25, 0.3) is 0 Å². The Bertz CT molecular complexity index is 1260. The maximum atomic E-state index is 13.1. The quantitative estimate of drug-likeness (QED) is 0.568. The minimum atomic E-state index is -4.46. The lowest BCUT2D eigenvalue weighted by molar-refractivity contribution is -0.140. The first-order valence-corrected chi connectivity index (χ1v) is 9.54. The normalized spacial score (nSPS) is 11.5. The van der Waals surface area contributed by atoms with Gasteiger partial charge in [-0.15, -0.1) is 0 Å². The molecule has 0 aliphatic carbocycles. The molecule has 0 radical (unpaired) electrons. The number of halogens is 3. The van der Waals surface area contributed by atoms with Gasteiger partial charge < -0.3 is 15.0 Å². The Balaban J connectivity index is 1.82. The zero-order chi connectivity index (χ0) is 23.5. The standard InChI is InChI=1S/C23H19F3N4O2/c1-22(2,13-27)20-8-6-17(12-29-20)28-9-3-4-18-11-16-10-15(21(31)32)5-7-19(16)30(18)14-23(24,25)26/h5-8,10-12,28H,9,14H2,1-2H3,(H,31,32). The van der Waals surface area contributed by atoms with Crippen LogP contribution in [0.25, 0.3) is 10.9 Å². The van der Waals surface area contributed by atoms with Gasteiger partial charge in [-0.3, -0.25) is 4.98 Å². The van der Waals surface area contributed by atoms with Crippen molar-refractivity contribution in [3.8, 4) is 17.9 Å². The summed E-state index contributed by atoms with van der Waals surface area (Å²) < 4.78 is 40.3. The monoisotopic (exact) mass is 440 g/mol. The molecule has 1 aromatic carbocycles. The van der Waals surface area contributed by atoms with Crippen LogP contribution in [0.2, 0.25) is 0 Å². The molecule has 0 atom stereocenters. The van der Waals surface area contributed by atoms with Crippen molar-refractivity contribution >= 4 is 22.6 Å². The number of nitrogens with zero attached hydrogens (tertiary/aromatic N) is 3. The molecule has 32 heavy (non-hydrogen) atoms. The summed E-state index contributed by atoms with van der Waals surface area (Å²) in [4.78, 5) is 15.4. The van der Waals surface area contributed by atoms with Crippen LogP contribution in [0, 0.1) is 23.2 Å². The highest BCUT2D eigenvalue weighted by molar-refractivity contribution is 5.94. The predicted molar refractivity (Wildman–Crippen MR) is 113 cm³/mol. The molecule has 3 aromatic rings. The van der Waals surface area contributed by atoms with Gasteiger partial charge in [-0.25, -0.2) is 4.79 Å². The van der Waals surface area contributed by atoms with Crippen molar-refractivity contribution in [1.82, 2.24) is 9.55 Å². The Kier molecular flexibility index (Phi) is 6.13. The molecule has 0 unspecified atom stereocenters. The number of carbonyl (C=O) groups is 1. The van der Waals surface area contributed by atoms with Gasteiger partial charge in [0, 0.05) is 10.9 Å². The van der Waals surface area contributed by atoms with Crippen LogP contribution in [0.1, 0.15) is 35.6 Å². The van der Waals surface area contributed by atoms with Crippen molar-refractivity contribution in [2.24, 2.45) is 0 Å². The SMILES string of the molecule is CC(C)(C#N)c1ccc(NCC#Cc2cc3cc(C(=O)O)ccc3n2CC(F)(F)F)cn1. The topological polar surface area (TPSA) is 90.9 Å². The number of carboxylic acid groups (broad SMARTS) is 1.